The predicted molar refractivity (Wildman–Crippen MR) is 66.3 cm³/mol. The summed E-state index contributed by atoms with van der Waals surface area (Å²) in [5, 5.41) is 0.644. The van der Waals surface area contributed by atoms with E-state index in [2.05, 4.69) is 4.57 Å². The SMILES string of the molecule is COCCCn1c(CN)cc2c(F)cccc21. The summed E-state index contributed by atoms with van der Waals surface area (Å²) < 4.78 is 20.7. The molecule has 0 saturated heterocycles. The van der Waals surface area contributed by atoms with Crippen LogP contribution >= 0.6 is 0 Å². The molecule has 0 aliphatic rings. The lowest BCUT2D eigenvalue weighted by molar-refractivity contribution is 0.190. The number of hydrogen-bond acceptors (Lipinski definition) is 2. The van der Waals surface area contributed by atoms with Gasteiger partial charge in [0.1, 0.15) is 5.82 Å². The lowest BCUT2D eigenvalue weighted by Crippen LogP contribution is -2.08. The minimum Gasteiger partial charge on any atom is -0.385 e. The van der Waals surface area contributed by atoms with Crippen molar-refractivity contribution in [1.82, 2.24) is 4.57 Å². The van der Waals surface area contributed by atoms with Gasteiger partial charge in [0.15, 0.2) is 0 Å². The number of fused-ring (bicyclic) bond motifs is 1. The molecule has 0 atom stereocenters. The molecular weight excluding hydrogens is 219 g/mol. The highest BCUT2D eigenvalue weighted by Gasteiger charge is 2.10. The van der Waals surface area contributed by atoms with Crippen LogP contribution in [0.4, 0.5) is 4.39 Å². The summed E-state index contributed by atoms with van der Waals surface area (Å²) in [7, 11) is 1.68. The fourth-order valence-corrected chi connectivity index (χ4v) is 2.10. The Morgan fingerprint density at radius 1 is 1.41 bits per heavy atom. The summed E-state index contributed by atoms with van der Waals surface area (Å²) in [6.45, 7) is 1.91. The van der Waals surface area contributed by atoms with Gasteiger partial charge in [0.2, 0.25) is 0 Å². The molecule has 0 fully saturated rings. The van der Waals surface area contributed by atoms with Gasteiger partial charge in [-0.05, 0) is 24.6 Å². The second kappa shape index (κ2) is 5.29. The highest BCUT2D eigenvalue weighted by Crippen LogP contribution is 2.22. The molecule has 0 saturated carbocycles. The molecule has 2 rings (SSSR count). The van der Waals surface area contributed by atoms with Gasteiger partial charge < -0.3 is 15.0 Å². The van der Waals surface area contributed by atoms with Crippen molar-refractivity contribution in [3.63, 3.8) is 0 Å². The molecule has 0 unspecified atom stereocenters. The topological polar surface area (TPSA) is 40.2 Å². The van der Waals surface area contributed by atoms with Crippen LogP contribution in [0.2, 0.25) is 0 Å². The molecule has 17 heavy (non-hydrogen) atoms. The van der Waals surface area contributed by atoms with E-state index in [1.54, 1.807) is 13.2 Å². The maximum atomic E-state index is 13.6. The summed E-state index contributed by atoms with van der Waals surface area (Å²) in [6, 6.07) is 6.95. The summed E-state index contributed by atoms with van der Waals surface area (Å²) in [6.07, 6.45) is 0.893. The van der Waals surface area contributed by atoms with Crippen molar-refractivity contribution in [2.45, 2.75) is 19.5 Å². The van der Waals surface area contributed by atoms with E-state index in [0.29, 0.717) is 18.5 Å². The van der Waals surface area contributed by atoms with Gasteiger partial charge in [-0.3, -0.25) is 0 Å². The molecule has 1 aromatic carbocycles. The zero-order valence-corrected chi connectivity index (χ0v) is 9.95. The summed E-state index contributed by atoms with van der Waals surface area (Å²) in [5.74, 6) is -0.192. The first-order chi connectivity index (χ1) is 8.27. The fraction of sp³-hybridized carbons (Fsp3) is 0.385. The van der Waals surface area contributed by atoms with Gasteiger partial charge in [0, 0.05) is 37.9 Å². The van der Waals surface area contributed by atoms with E-state index in [1.807, 2.05) is 12.1 Å². The number of benzene rings is 1. The maximum absolute atomic E-state index is 13.6. The van der Waals surface area contributed by atoms with E-state index < -0.39 is 0 Å². The Bertz CT molecular complexity index is 507. The Labute approximate surface area is 100.0 Å². The zero-order chi connectivity index (χ0) is 12.3. The molecule has 0 amide bonds. The Morgan fingerprint density at radius 3 is 2.94 bits per heavy atom. The average Bonchev–Trinajstić information content (AvgIpc) is 2.70. The van der Waals surface area contributed by atoms with Crippen LogP contribution in [0.3, 0.4) is 0 Å². The van der Waals surface area contributed by atoms with Crippen molar-refractivity contribution in [3.8, 4) is 0 Å². The number of nitrogens with two attached hydrogens (primary N) is 1. The van der Waals surface area contributed by atoms with Crippen LogP contribution in [0.15, 0.2) is 24.3 Å². The third-order valence-electron chi connectivity index (χ3n) is 2.92. The van der Waals surface area contributed by atoms with Crippen LogP contribution in [-0.2, 0) is 17.8 Å². The normalized spacial score (nSPS) is 11.2. The first-order valence-electron chi connectivity index (χ1n) is 5.73. The molecule has 0 spiro atoms. The first kappa shape index (κ1) is 12.1. The standard InChI is InChI=1S/C13H17FN2O/c1-17-7-3-6-16-10(9-15)8-11-12(14)4-2-5-13(11)16/h2,4-5,8H,3,6-7,9,15H2,1H3. The molecule has 2 N–H and O–H groups in total. The number of aromatic nitrogens is 1. The lowest BCUT2D eigenvalue weighted by Gasteiger charge is -2.09. The minimum atomic E-state index is -0.192. The van der Waals surface area contributed by atoms with E-state index in [9.17, 15) is 4.39 Å². The Hall–Kier alpha value is -1.39. The van der Waals surface area contributed by atoms with E-state index in [4.69, 9.17) is 10.5 Å². The average molecular weight is 236 g/mol. The third kappa shape index (κ3) is 2.33. The van der Waals surface area contributed by atoms with Gasteiger partial charge in [-0.25, -0.2) is 4.39 Å². The van der Waals surface area contributed by atoms with E-state index >= 15 is 0 Å². The van der Waals surface area contributed by atoms with Gasteiger partial charge >= 0.3 is 0 Å². The van der Waals surface area contributed by atoms with E-state index in [0.717, 1.165) is 24.2 Å². The van der Waals surface area contributed by atoms with Crippen molar-refractivity contribution >= 4 is 10.9 Å². The smallest absolute Gasteiger partial charge is 0.132 e. The number of nitrogens with zero attached hydrogens (tertiary/aromatic N) is 1. The number of halogens is 1. The molecule has 92 valence electrons. The monoisotopic (exact) mass is 236 g/mol. The largest absolute Gasteiger partial charge is 0.385 e. The van der Waals surface area contributed by atoms with Gasteiger partial charge in [-0.2, -0.15) is 0 Å². The Morgan fingerprint density at radius 2 is 2.24 bits per heavy atom. The minimum absolute atomic E-state index is 0.192. The molecule has 2 aromatic rings. The van der Waals surface area contributed by atoms with E-state index in [1.165, 1.54) is 6.07 Å². The number of hydrogen-bond donors (Lipinski definition) is 1. The summed E-state index contributed by atoms with van der Waals surface area (Å²) in [5.41, 5.74) is 7.56. The highest BCUT2D eigenvalue weighted by molar-refractivity contribution is 5.82. The number of aryl methyl sites for hydroxylation is 1. The van der Waals surface area contributed by atoms with E-state index in [-0.39, 0.29) is 5.82 Å². The van der Waals surface area contributed by atoms with Crippen LogP contribution in [0.1, 0.15) is 12.1 Å². The van der Waals surface area contributed by atoms with Crippen LogP contribution < -0.4 is 5.73 Å². The van der Waals surface area contributed by atoms with Crippen LogP contribution in [0.25, 0.3) is 10.9 Å². The quantitative estimate of drug-likeness (QED) is 0.809. The molecular formula is C13H17FN2O. The van der Waals surface area contributed by atoms with Gasteiger partial charge in [-0.1, -0.05) is 6.07 Å². The van der Waals surface area contributed by atoms with Crippen LogP contribution in [0.5, 0.6) is 0 Å². The third-order valence-corrected chi connectivity index (χ3v) is 2.92. The molecule has 0 aliphatic carbocycles. The molecule has 1 heterocycles. The molecule has 4 heteroatoms. The van der Waals surface area contributed by atoms with Crippen molar-refractivity contribution in [2.24, 2.45) is 5.73 Å². The van der Waals surface area contributed by atoms with Gasteiger partial charge in [0.25, 0.3) is 0 Å². The number of rotatable bonds is 5. The fourth-order valence-electron chi connectivity index (χ4n) is 2.10. The Kier molecular flexibility index (Phi) is 3.76. The molecule has 0 aliphatic heterocycles. The predicted octanol–water partition coefficient (Wildman–Crippen LogP) is 2.28. The highest BCUT2D eigenvalue weighted by atomic mass is 19.1. The van der Waals surface area contributed by atoms with Crippen molar-refractivity contribution in [1.29, 1.82) is 0 Å². The second-order valence-electron chi connectivity index (χ2n) is 4.01. The van der Waals surface area contributed by atoms with Crippen molar-refractivity contribution in [2.75, 3.05) is 13.7 Å². The second-order valence-corrected chi connectivity index (χ2v) is 4.01. The summed E-state index contributed by atoms with van der Waals surface area (Å²) in [4.78, 5) is 0. The van der Waals surface area contributed by atoms with Gasteiger partial charge in [0.05, 0.1) is 5.52 Å². The Balaban J connectivity index is 2.40. The maximum Gasteiger partial charge on any atom is 0.132 e. The zero-order valence-electron chi connectivity index (χ0n) is 9.95. The number of ether oxygens (including phenoxy) is 1. The van der Waals surface area contributed by atoms with Crippen molar-refractivity contribution in [3.05, 3.63) is 35.8 Å². The van der Waals surface area contributed by atoms with Crippen molar-refractivity contribution < 1.29 is 9.13 Å². The van der Waals surface area contributed by atoms with Gasteiger partial charge in [-0.15, -0.1) is 0 Å². The molecule has 0 radical (unpaired) electrons. The van der Waals surface area contributed by atoms with Crippen LogP contribution in [-0.4, -0.2) is 18.3 Å². The lowest BCUT2D eigenvalue weighted by atomic mass is 10.2. The first-order valence-corrected chi connectivity index (χ1v) is 5.73. The molecule has 0 bridgehead atoms. The molecule has 1 aromatic heterocycles. The molecule has 3 nitrogen and oxygen atoms in total. The summed E-state index contributed by atoms with van der Waals surface area (Å²) >= 11 is 0. The number of methoxy groups -OCH3 is 1. The van der Waals surface area contributed by atoms with Crippen LogP contribution in [0, 0.1) is 5.82 Å².